The lowest BCUT2D eigenvalue weighted by Crippen LogP contribution is -2.10. The normalized spacial score (nSPS) is 10.0. The lowest BCUT2D eigenvalue weighted by Gasteiger charge is -2.19. The van der Waals surface area contributed by atoms with Gasteiger partial charge in [0.1, 0.15) is 5.75 Å². The molecule has 0 amide bonds. The quantitative estimate of drug-likeness (QED) is 0.878. The molecule has 1 heterocycles. The second kappa shape index (κ2) is 4.74. The summed E-state index contributed by atoms with van der Waals surface area (Å²) in [6.07, 6.45) is 3.40. The first-order valence-electron chi connectivity index (χ1n) is 5.29. The number of benzene rings is 1. The van der Waals surface area contributed by atoms with Gasteiger partial charge in [0.25, 0.3) is 0 Å². The molecular formula is C13H15N3O. The van der Waals surface area contributed by atoms with Gasteiger partial charge in [0.2, 0.25) is 0 Å². The van der Waals surface area contributed by atoms with Crippen LogP contribution in [0.5, 0.6) is 5.75 Å². The van der Waals surface area contributed by atoms with Crippen LogP contribution in [0.3, 0.4) is 0 Å². The Balaban J connectivity index is 2.33. The molecule has 0 aliphatic heterocycles. The van der Waals surface area contributed by atoms with Crippen LogP contribution in [0.15, 0.2) is 42.7 Å². The van der Waals surface area contributed by atoms with Crippen molar-refractivity contribution in [2.24, 2.45) is 0 Å². The fraction of sp³-hybridized carbons (Fsp3) is 0.154. The Kier molecular flexibility index (Phi) is 3.14. The van der Waals surface area contributed by atoms with Crippen LogP contribution in [0.1, 0.15) is 0 Å². The molecule has 0 bridgehead atoms. The molecule has 0 atom stereocenters. The fourth-order valence-corrected chi connectivity index (χ4v) is 1.60. The van der Waals surface area contributed by atoms with E-state index >= 15 is 0 Å². The minimum atomic E-state index is 0.650. The SMILES string of the molecule is COc1cccc(N(C)c2cncc(N)c2)c1. The summed E-state index contributed by atoms with van der Waals surface area (Å²) in [6.45, 7) is 0. The molecule has 17 heavy (non-hydrogen) atoms. The highest BCUT2D eigenvalue weighted by molar-refractivity contribution is 5.65. The van der Waals surface area contributed by atoms with Gasteiger partial charge in [0, 0.05) is 25.0 Å². The monoisotopic (exact) mass is 229 g/mol. The van der Waals surface area contributed by atoms with E-state index in [0.29, 0.717) is 5.69 Å². The van der Waals surface area contributed by atoms with Gasteiger partial charge in [0.15, 0.2) is 0 Å². The van der Waals surface area contributed by atoms with E-state index in [-0.39, 0.29) is 0 Å². The average Bonchev–Trinajstić information content (AvgIpc) is 2.38. The molecule has 0 radical (unpaired) electrons. The van der Waals surface area contributed by atoms with Crippen LogP contribution < -0.4 is 15.4 Å². The van der Waals surface area contributed by atoms with Gasteiger partial charge in [-0.25, -0.2) is 0 Å². The number of nitrogens with two attached hydrogens (primary N) is 1. The van der Waals surface area contributed by atoms with Crippen molar-refractivity contribution in [1.82, 2.24) is 4.98 Å². The van der Waals surface area contributed by atoms with Crippen molar-refractivity contribution in [3.8, 4) is 5.75 Å². The molecule has 2 N–H and O–H groups in total. The molecule has 0 unspecified atom stereocenters. The minimum Gasteiger partial charge on any atom is -0.497 e. The fourth-order valence-electron chi connectivity index (χ4n) is 1.60. The van der Waals surface area contributed by atoms with E-state index < -0.39 is 0 Å². The number of pyridine rings is 1. The molecule has 2 aromatic rings. The molecule has 4 nitrogen and oxygen atoms in total. The van der Waals surface area contributed by atoms with Crippen molar-refractivity contribution in [3.63, 3.8) is 0 Å². The standard InChI is InChI=1S/C13H15N3O/c1-16(12-6-10(14)8-15-9-12)11-4-3-5-13(7-11)17-2/h3-9H,14H2,1-2H3. The highest BCUT2D eigenvalue weighted by atomic mass is 16.5. The van der Waals surface area contributed by atoms with Crippen LogP contribution >= 0.6 is 0 Å². The summed E-state index contributed by atoms with van der Waals surface area (Å²) in [6, 6.07) is 9.71. The third kappa shape index (κ3) is 2.47. The highest BCUT2D eigenvalue weighted by Gasteiger charge is 2.05. The van der Waals surface area contributed by atoms with E-state index in [2.05, 4.69) is 4.98 Å². The summed E-state index contributed by atoms with van der Waals surface area (Å²) in [5.74, 6) is 0.825. The van der Waals surface area contributed by atoms with E-state index in [1.165, 1.54) is 0 Å². The maximum absolute atomic E-state index is 5.72. The zero-order valence-corrected chi connectivity index (χ0v) is 9.92. The van der Waals surface area contributed by atoms with Crippen molar-refractivity contribution in [2.75, 3.05) is 24.8 Å². The molecule has 88 valence electrons. The van der Waals surface area contributed by atoms with Crippen molar-refractivity contribution >= 4 is 17.1 Å². The maximum atomic E-state index is 5.72. The molecule has 0 spiro atoms. The van der Waals surface area contributed by atoms with Crippen LogP contribution in [0, 0.1) is 0 Å². The number of nitrogen functional groups attached to an aromatic ring is 1. The van der Waals surface area contributed by atoms with Crippen molar-refractivity contribution in [3.05, 3.63) is 42.7 Å². The van der Waals surface area contributed by atoms with Gasteiger partial charge in [0.05, 0.1) is 24.7 Å². The van der Waals surface area contributed by atoms with E-state index in [1.807, 2.05) is 42.3 Å². The van der Waals surface area contributed by atoms with Gasteiger partial charge in [-0.05, 0) is 18.2 Å². The highest BCUT2D eigenvalue weighted by Crippen LogP contribution is 2.26. The van der Waals surface area contributed by atoms with E-state index in [1.54, 1.807) is 19.5 Å². The lowest BCUT2D eigenvalue weighted by molar-refractivity contribution is 0.415. The molecule has 4 heteroatoms. The van der Waals surface area contributed by atoms with Gasteiger partial charge in [-0.15, -0.1) is 0 Å². The summed E-state index contributed by atoms with van der Waals surface area (Å²) in [4.78, 5) is 6.08. The second-order valence-corrected chi connectivity index (χ2v) is 3.74. The zero-order chi connectivity index (χ0) is 12.3. The van der Waals surface area contributed by atoms with E-state index in [4.69, 9.17) is 10.5 Å². The van der Waals surface area contributed by atoms with Gasteiger partial charge in [-0.3, -0.25) is 4.98 Å². The number of rotatable bonds is 3. The molecule has 0 aliphatic rings. The van der Waals surface area contributed by atoms with E-state index in [9.17, 15) is 0 Å². The second-order valence-electron chi connectivity index (χ2n) is 3.74. The van der Waals surface area contributed by atoms with Crippen LogP contribution in [0.4, 0.5) is 17.1 Å². The first-order valence-corrected chi connectivity index (χ1v) is 5.29. The third-order valence-electron chi connectivity index (χ3n) is 2.57. The molecule has 0 aliphatic carbocycles. The Morgan fingerprint density at radius 2 is 2.00 bits per heavy atom. The van der Waals surface area contributed by atoms with Gasteiger partial charge in [-0.1, -0.05) is 6.07 Å². The van der Waals surface area contributed by atoms with Crippen LogP contribution in [0.25, 0.3) is 0 Å². The molecule has 0 saturated heterocycles. The van der Waals surface area contributed by atoms with Crippen molar-refractivity contribution in [1.29, 1.82) is 0 Å². The number of aromatic nitrogens is 1. The Morgan fingerprint density at radius 3 is 2.71 bits per heavy atom. The molecule has 0 fully saturated rings. The smallest absolute Gasteiger partial charge is 0.120 e. The van der Waals surface area contributed by atoms with Gasteiger partial charge < -0.3 is 15.4 Å². The van der Waals surface area contributed by atoms with Crippen LogP contribution in [-0.4, -0.2) is 19.1 Å². The number of anilines is 3. The van der Waals surface area contributed by atoms with Crippen LogP contribution in [-0.2, 0) is 0 Å². The number of nitrogens with zero attached hydrogens (tertiary/aromatic N) is 2. The van der Waals surface area contributed by atoms with Crippen LogP contribution in [0.2, 0.25) is 0 Å². The first kappa shape index (κ1) is 11.3. The molecule has 0 saturated carbocycles. The maximum Gasteiger partial charge on any atom is 0.120 e. The van der Waals surface area contributed by atoms with Gasteiger partial charge in [-0.2, -0.15) is 0 Å². The Morgan fingerprint density at radius 1 is 1.18 bits per heavy atom. The Hall–Kier alpha value is -2.23. The number of methoxy groups -OCH3 is 1. The lowest BCUT2D eigenvalue weighted by atomic mass is 10.2. The van der Waals surface area contributed by atoms with Crippen molar-refractivity contribution < 1.29 is 4.74 Å². The Labute approximate surface area is 101 Å². The number of hydrogen-bond donors (Lipinski definition) is 1. The van der Waals surface area contributed by atoms with Crippen molar-refractivity contribution in [2.45, 2.75) is 0 Å². The molecule has 1 aromatic heterocycles. The van der Waals surface area contributed by atoms with E-state index in [0.717, 1.165) is 17.1 Å². The number of hydrogen-bond acceptors (Lipinski definition) is 4. The van der Waals surface area contributed by atoms with Gasteiger partial charge >= 0.3 is 0 Å². The molecular weight excluding hydrogens is 214 g/mol. The summed E-state index contributed by atoms with van der Waals surface area (Å²) in [7, 11) is 3.62. The number of ether oxygens (including phenoxy) is 1. The predicted molar refractivity (Wildman–Crippen MR) is 69.7 cm³/mol. The minimum absolute atomic E-state index is 0.650. The summed E-state index contributed by atoms with van der Waals surface area (Å²) in [5.41, 5.74) is 8.33. The Bertz CT molecular complexity index is 514. The third-order valence-corrected chi connectivity index (χ3v) is 2.57. The zero-order valence-electron chi connectivity index (χ0n) is 9.92. The summed E-state index contributed by atoms with van der Waals surface area (Å²) in [5, 5.41) is 0. The topological polar surface area (TPSA) is 51.4 Å². The molecule has 2 rings (SSSR count). The predicted octanol–water partition coefficient (Wildman–Crippen LogP) is 2.44. The average molecular weight is 229 g/mol. The largest absolute Gasteiger partial charge is 0.497 e. The molecule has 1 aromatic carbocycles. The first-order chi connectivity index (χ1) is 8.20. The summed E-state index contributed by atoms with van der Waals surface area (Å²) < 4.78 is 5.20. The summed E-state index contributed by atoms with van der Waals surface area (Å²) >= 11 is 0.